The van der Waals surface area contributed by atoms with Crippen LogP contribution in [0.1, 0.15) is 28.8 Å². The summed E-state index contributed by atoms with van der Waals surface area (Å²) >= 11 is 1.72. The number of aromatic nitrogens is 1. The Balaban J connectivity index is 1.50. The first-order valence-electron chi connectivity index (χ1n) is 9.04. The van der Waals surface area contributed by atoms with Crippen molar-refractivity contribution in [2.24, 2.45) is 5.92 Å². The van der Waals surface area contributed by atoms with Crippen LogP contribution in [0.3, 0.4) is 0 Å². The van der Waals surface area contributed by atoms with Crippen molar-refractivity contribution in [3.8, 4) is 0 Å². The fraction of sp³-hybridized carbons (Fsp3) is 0.474. The van der Waals surface area contributed by atoms with Gasteiger partial charge in [0.25, 0.3) is 0 Å². The number of amides is 1. The molecule has 0 aliphatic carbocycles. The first-order valence-corrected chi connectivity index (χ1v) is 9.92. The van der Waals surface area contributed by atoms with E-state index < -0.39 is 11.7 Å². The van der Waals surface area contributed by atoms with Gasteiger partial charge in [0, 0.05) is 37.3 Å². The van der Waals surface area contributed by atoms with Gasteiger partial charge in [-0.3, -0.25) is 4.79 Å². The van der Waals surface area contributed by atoms with Crippen molar-refractivity contribution in [3.05, 3.63) is 45.8 Å². The van der Waals surface area contributed by atoms with Crippen LogP contribution in [0.15, 0.2) is 29.8 Å². The van der Waals surface area contributed by atoms with Gasteiger partial charge in [0.1, 0.15) is 5.82 Å². The van der Waals surface area contributed by atoms with Gasteiger partial charge in [-0.1, -0.05) is 0 Å². The molecule has 0 bridgehead atoms. The van der Waals surface area contributed by atoms with Crippen molar-refractivity contribution in [2.45, 2.75) is 32.0 Å². The van der Waals surface area contributed by atoms with E-state index in [9.17, 15) is 18.0 Å². The second kappa shape index (κ2) is 7.14. The van der Waals surface area contributed by atoms with Crippen molar-refractivity contribution in [3.63, 3.8) is 0 Å². The second-order valence-corrected chi connectivity index (χ2v) is 8.04. The Morgan fingerprint density at radius 3 is 2.93 bits per heavy atom. The van der Waals surface area contributed by atoms with Crippen molar-refractivity contribution < 1.29 is 18.0 Å². The Hall–Kier alpha value is -2.09. The number of hydrogen-bond donors (Lipinski definition) is 0. The highest BCUT2D eigenvalue weighted by Gasteiger charge is 2.38. The van der Waals surface area contributed by atoms with Crippen LogP contribution in [0.2, 0.25) is 0 Å². The Morgan fingerprint density at radius 1 is 1.26 bits per heavy atom. The molecule has 8 heteroatoms. The van der Waals surface area contributed by atoms with E-state index >= 15 is 0 Å². The van der Waals surface area contributed by atoms with E-state index in [-0.39, 0.29) is 24.2 Å². The number of hydrogen-bond acceptors (Lipinski definition) is 4. The molecular formula is C19H20F3N3OS. The molecule has 1 unspecified atom stereocenters. The van der Waals surface area contributed by atoms with Gasteiger partial charge in [-0.25, -0.2) is 4.98 Å². The van der Waals surface area contributed by atoms with E-state index in [2.05, 4.69) is 11.1 Å². The lowest BCUT2D eigenvalue weighted by Crippen LogP contribution is -2.46. The molecule has 0 saturated carbocycles. The first-order chi connectivity index (χ1) is 12.9. The highest BCUT2D eigenvalue weighted by Crippen LogP contribution is 2.37. The van der Waals surface area contributed by atoms with Crippen LogP contribution in [0, 0.1) is 5.92 Å². The zero-order valence-corrected chi connectivity index (χ0v) is 15.5. The maximum Gasteiger partial charge on any atom is 0.419 e. The summed E-state index contributed by atoms with van der Waals surface area (Å²) in [5.74, 6) is -0.315. The molecule has 2 aliphatic heterocycles. The third kappa shape index (κ3) is 3.67. The molecule has 1 atom stereocenters. The van der Waals surface area contributed by atoms with E-state index in [1.165, 1.54) is 22.7 Å². The van der Waals surface area contributed by atoms with Crippen LogP contribution in [0.5, 0.6) is 0 Å². The predicted octanol–water partition coefficient (Wildman–Crippen LogP) is 3.96. The number of carbonyl (C=O) groups is 1. The minimum absolute atomic E-state index is 0.0426. The monoisotopic (exact) mass is 395 g/mol. The van der Waals surface area contributed by atoms with Crippen molar-refractivity contribution in [2.75, 3.05) is 24.5 Å². The summed E-state index contributed by atoms with van der Waals surface area (Å²) < 4.78 is 40.0. The molecule has 4 nitrogen and oxygen atoms in total. The largest absolute Gasteiger partial charge is 0.419 e. The van der Waals surface area contributed by atoms with Gasteiger partial charge in [-0.15, -0.1) is 11.3 Å². The molecule has 0 radical (unpaired) electrons. The Kier molecular flexibility index (Phi) is 4.84. The second-order valence-electron chi connectivity index (χ2n) is 7.04. The Morgan fingerprint density at radius 2 is 2.11 bits per heavy atom. The lowest BCUT2D eigenvalue weighted by atomic mass is 9.95. The smallest absolute Gasteiger partial charge is 0.355 e. The zero-order chi connectivity index (χ0) is 19.0. The molecule has 0 aromatic carbocycles. The van der Waals surface area contributed by atoms with E-state index in [4.69, 9.17) is 0 Å². The van der Waals surface area contributed by atoms with E-state index in [0.29, 0.717) is 32.5 Å². The van der Waals surface area contributed by atoms with E-state index in [0.717, 1.165) is 12.5 Å². The molecule has 27 heavy (non-hydrogen) atoms. The summed E-state index contributed by atoms with van der Waals surface area (Å²) in [6.07, 6.45) is -0.840. The molecule has 1 fully saturated rings. The third-order valence-electron chi connectivity index (χ3n) is 5.28. The first kappa shape index (κ1) is 18.3. The standard InChI is InChI=1S/C19H20F3N3OS/c20-19(21,22)15-4-1-7-23-17(15)24-8-2-3-14(12-24)18(26)25-9-5-16-13(11-25)6-10-27-16/h1,4,6-7,10,14H,2-3,5,8-9,11-12H2. The highest BCUT2D eigenvalue weighted by atomic mass is 32.1. The number of rotatable bonds is 2. The van der Waals surface area contributed by atoms with E-state index in [1.54, 1.807) is 16.2 Å². The van der Waals surface area contributed by atoms with Gasteiger partial charge in [0.15, 0.2) is 0 Å². The number of alkyl halides is 3. The van der Waals surface area contributed by atoms with Crippen LogP contribution in [-0.2, 0) is 23.9 Å². The summed E-state index contributed by atoms with van der Waals surface area (Å²) in [4.78, 5) is 21.8. The number of thiophene rings is 1. The number of piperidine rings is 1. The van der Waals surface area contributed by atoms with Crippen molar-refractivity contribution in [1.82, 2.24) is 9.88 Å². The van der Waals surface area contributed by atoms with Gasteiger partial charge >= 0.3 is 6.18 Å². The molecule has 0 N–H and O–H groups in total. The van der Waals surface area contributed by atoms with Crippen LogP contribution >= 0.6 is 11.3 Å². The molecule has 1 saturated heterocycles. The molecule has 0 spiro atoms. The summed E-state index contributed by atoms with van der Waals surface area (Å²) in [6.45, 7) is 2.05. The van der Waals surface area contributed by atoms with Crippen LogP contribution in [0.25, 0.3) is 0 Å². The Labute approximate surface area is 159 Å². The topological polar surface area (TPSA) is 36.4 Å². The van der Waals surface area contributed by atoms with E-state index in [1.807, 2.05) is 10.3 Å². The fourth-order valence-corrected chi connectivity index (χ4v) is 4.83. The lowest BCUT2D eigenvalue weighted by Gasteiger charge is -2.37. The van der Waals surface area contributed by atoms with Gasteiger partial charge < -0.3 is 9.80 Å². The average molecular weight is 395 g/mol. The number of anilines is 1. The Bertz CT molecular complexity index is 836. The minimum atomic E-state index is -4.46. The molecule has 4 heterocycles. The number of fused-ring (bicyclic) bond motifs is 1. The summed E-state index contributed by atoms with van der Waals surface area (Å²) in [6, 6.07) is 4.40. The maximum absolute atomic E-state index is 13.3. The van der Waals surface area contributed by atoms with Gasteiger partial charge in [-0.2, -0.15) is 13.2 Å². The van der Waals surface area contributed by atoms with Crippen LogP contribution < -0.4 is 4.90 Å². The summed E-state index contributed by atoms with van der Waals surface area (Å²) in [5.41, 5.74) is 0.454. The number of pyridine rings is 1. The van der Waals surface area contributed by atoms with Gasteiger partial charge in [0.2, 0.25) is 5.91 Å². The molecule has 2 aromatic rings. The molecule has 2 aliphatic rings. The quantitative estimate of drug-likeness (QED) is 0.772. The summed E-state index contributed by atoms with van der Waals surface area (Å²) in [7, 11) is 0. The number of halogens is 3. The van der Waals surface area contributed by atoms with Gasteiger partial charge in [0.05, 0.1) is 11.5 Å². The third-order valence-corrected chi connectivity index (χ3v) is 6.30. The van der Waals surface area contributed by atoms with Gasteiger partial charge in [-0.05, 0) is 48.4 Å². The normalized spacial score (nSPS) is 20.5. The average Bonchev–Trinajstić information content (AvgIpc) is 3.14. The maximum atomic E-state index is 13.3. The van der Waals surface area contributed by atoms with Crippen molar-refractivity contribution >= 4 is 23.1 Å². The zero-order valence-electron chi connectivity index (χ0n) is 14.7. The molecule has 1 amide bonds. The molecular weight excluding hydrogens is 375 g/mol. The molecule has 144 valence electrons. The summed E-state index contributed by atoms with van der Waals surface area (Å²) in [5, 5.41) is 2.04. The van der Waals surface area contributed by atoms with Crippen LogP contribution in [0.4, 0.5) is 19.0 Å². The highest BCUT2D eigenvalue weighted by molar-refractivity contribution is 7.10. The molecule has 4 rings (SSSR count). The number of carbonyl (C=O) groups excluding carboxylic acids is 1. The minimum Gasteiger partial charge on any atom is -0.355 e. The molecule has 2 aromatic heterocycles. The number of nitrogens with zero attached hydrogens (tertiary/aromatic N) is 3. The van der Waals surface area contributed by atoms with Crippen molar-refractivity contribution in [1.29, 1.82) is 0 Å². The SMILES string of the molecule is O=C(C1CCCN(c2ncccc2C(F)(F)F)C1)N1CCc2sccc2C1. The lowest BCUT2D eigenvalue weighted by molar-refractivity contribution is -0.137. The fourth-order valence-electron chi connectivity index (χ4n) is 3.94. The predicted molar refractivity (Wildman–Crippen MR) is 97.6 cm³/mol. The van der Waals surface area contributed by atoms with Crippen LogP contribution in [-0.4, -0.2) is 35.4 Å².